The van der Waals surface area contributed by atoms with Crippen LogP contribution in [-0.2, 0) is 11.2 Å². The molecule has 1 saturated heterocycles. The number of hydrogen-bond acceptors (Lipinski definition) is 2. The summed E-state index contributed by atoms with van der Waals surface area (Å²) < 4.78 is 19.5. The number of nitrogens with two attached hydrogens (primary N) is 1. The summed E-state index contributed by atoms with van der Waals surface area (Å²) in [4.78, 5) is 0. The molecule has 1 heterocycles. The molecule has 0 aromatic heterocycles. The zero-order chi connectivity index (χ0) is 13.2. The molecule has 1 aliphatic heterocycles. The minimum Gasteiger partial charge on any atom is -0.374 e. The molecule has 2 unspecified atom stereocenters. The summed E-state index contributed by atoms with van der Waals surface area (Å²) in [5.41, 5.74) is 6.41. The molecule has 100 valence electrons. The van der Waals surface area contributed by atoms with E-state index in [1.165, 1.54) is 6.07 Å². The lowest BCUT2D eigenvalue weighted by atomic mass is 9.85. The molecule has 18 heavy (non-hydrogen) atoms. The Kier molecular flexibility index (Phi) is 4.25. The molecule has 2 atom stereocenters. The molecule has 2 N–H and O–H groups in total. The first-order chi connectivity index (χ1) is 8.51. The second-order valence-electron chi connectivity index (χ2n) is 5.16. The summed E-state index contributed by atoms with van der Waals surface area (Å²) >= 11 is 5.88. The fraction of sp³-hybridized carbons (Fsp3) is 0.571. The summed E-state index contributed by atoms with van der Waals surface area (Å²) in [6.07, 6.45) is 3.56. The van der Waals surface area contributed by atoms with Gasteiger partial charge in [-0.1, -0.05) is 11.6 Å². The third kappa shape index (κ3) is 3.02. The van der Waals surface area contributed by atoms with Gasteiger partial charge < -0.3 is 10.5 Å². The maximum atomic E-state index is 13.7. The highest BCUT2D eigenvalue weighted by atomic mass is 35.5. The van der Waals surface area contributed by atoms with Crippen LogP contribution < -0.4 is 5.73 Å². The van der Waals surface area contributed by atoms with Gasteiger partial charge in [0.2, 0.25) is 0 Å². The smallest absolute Gasteiger partial charge is 0.126 e. The molecule has 0 aliphatic carbocycles. The van der Waals surface area contributed by atoms with Gasteiger partial charge in [-0.3, -0.25) is 0 Å². The Morgan fingerprint density at radius 3 is 2.94 bits per heavy atom. The van der Waals surface area contributed by atoms with Crippen molar-refractivity contribution in [3.63, 3.8) is 0 Å². The molecule has 1 fully saturated rings. The van der Waals surface area contributed by atoms with Gasteiger partial charge in [-0.25, -0.2) is 4.39 Å². The zero-order valence-electron chi connectivity index (χ0n) is 10.6. The first kappa shape index (κ1) is 13.8. The van der Waals surface area contributed by atoms with Crippen molar-refractivity contribution in [3.05, 3.63) is 34.6 Å². The van der Waals surface area contributed by atoms with Crippen LogP contribution in [0.3, 0.4) is 0 Å². The number of rotatable bonds is 3. The van der Waals surface area contributed by atoms with Crippen molar-refractivity contribution in [2.45, 2.75) is 44.2 Å². The molecular formula is C14H19ClFNO. The van der Waals surface area contributed by atoms with Crippen LogP contribution in [0.5, 0.6) is 0 Å². The van der Waals surface area contributed by atoms with E-state index in [0.717, 1.165) is 25.9 Å². The van der Waals surface area contributed by atoms with Gasteiger partial charge in [0.05, 0.1) is 5.60 Å². The Bertz CT molecular complexity index is 418. The summed E-state index contributed by atoms with van der Waals surface area (Å²) in [5.74, 6) is -0.255. The summed E-state index contributed by atoms with van der Waals surface area (Å²) in [7, 11) is 0. The van der Waals surface area contributed by atoms with Crippen molar-refractivity contribution in [1.82, 2.24) is 0 Å². The number of ether oxygens (including phenoxy) is 1. The van der Waals surface area contributed by atoms with E-state index in [2.05, 4.69) is 0 Å². The van der Waals surface area contributed by atoms with Gasteiger partial charge in [0, 0.05) is 17.7 Å². The van der Waals surface area contributed by atoms with Crippen molar-refractivity contribution in [2.24, 2.45) is 5.73 Å². The third-order valence-corrected chi connectivity index (χ3v) is 3.97. The molecule has 2 nitrogen and oxygen atoms in total. The predicted molar refractivity (Wildman–Crippen MR) is 71.3 cm³/mol. The highest BCUT2D eigenvalue weighted by Crippen LogP contribution is 2.29. The van der Waals surface area contributed by atoms with Crippen LogP contribution in [0.15, 0.2) is 18.2 Å². The van der Waals surface area contributed by atoms with E-state index in [1.54, 1.807) is 12.1 Å². The van der Waals surface area contributed by atoms with Gasteiger partial charge in [-0.2, -0.15) is 0 Å². The summed E-state index contributed by atoms with van der Waals surface area (Å²) in [5, 5.41) is 0.535. The van der Waals surface area contributed by atoms with Crippen molar-refractivity contribution in [3.8, 4) is 0 Å². The normalized spacial score (nSPS) is 26.0. The van der Waals surface area contributed by atoms with E-state index in [0.29, 0.717) is 17.0 Å². The van der Waals surface area contributed by atoms with Crippen molar-refractivity contribution in [2.75, 3.05) is 6.61 Å². The Balaban J connectivity index is 2.10. The first-order valence-electron chi connectivity index (χ1n) is 6.35. The Labute approximate surface area is 112 Å². The van der Waals surface area contributed by atoms with Gasteiger partial charge in [0.15, 0.2) is 0 Å². The SMILES string of the molecule is CC1(C(N)Cc2cc(Cl)ccc2F)CCCCO1. The molecule has 1 aliphatic rings. The second kappa shape index (κ2) is 5.55. The van der Waals surface area contributed by atoms with E-state index in [-0.39, 0.29) is 17.5 Å². The highest BCUT2D eigenvalue weighted by molar-refractivity contribution is 6.30. The predicted octanol–water partition coefficient (Wildman–Crippen LogP) is 3.31. The fourth-order valence-electron chi connectivity index (χ4n) is 2.40. The first-order valence-corrected chi connectivity index (χ1v) is 6.72. The molecule has 4 heteroatoms. The molecule has 0 saturated carbocycles. The Morgan fingerprint density at radius 1 is 1.50 bits per heavy atom. The average Bonchev–Trinajstić information content (AvgIpc) is 2.35. The van der Waals surface area contributed by atoms with Crippen molar-refractivity contribution >= 4 is 11.6 Å². The van der Waals surface area contributed by atoms with Crippen LogP contribution in [0.2, 0.25) is 5.02 Å². The molecule has 0 spiro atoms. The largest absolute Gasteiger partial charge is 0.374 e. The summed E-state index contributed by atoms with van der Waals surface area (Å²) in [6.45, 7) is 2.75. The van der Waals surface area contributed by atoms with E-state index in [1.807, 2.05) is 6.92 Å². The number of halogens is 2. The van der Waals surface area contributed by atoms with Gasteiger partial charge >= 0.3 is 0 Å². The molecule has 1 aromatic carbocycles. The van der Waals surface area contributed by atoms with Gasteiger partial charge in [-0.05, 0) is 56.4 Å². The second-order valence-corrected chi connectivity index (χ2v) is 5.60. The number of hydrogen-bond donors (Lipinski definition) is 1. The maximum Gasteiger partial charge on any atom is 0.126 e. The molecule has 1 aromatic rings. The van der Waals surface area contributed by atoms with E-state index < -0.39 is 0 Å². The molecule has 0 radical (unpaired) electrons. The molecule has 0 bridgehead atoms. The van der Waals surface area contributed by atoms with Crippen LogP contribution >= 0.6 is 11.6 Å². The summed E-state index contributed by atoms with van der Waals surface area (Å²) in [6, 6.07) is 4.35. The van der Waals surface area contributed by atoms with Crippen LogP contribution in [-0.4, -0.2) is 18.2 Å². The minimum absolute atomic E-state index is 0.217. The zero-order valence-corrected chi connectivity index (χ0v) is 11.3. The van der Waals surface area contributed by atoms with E-state index in [4.69, 9.17) is 22.1 Å². The molecule has 0 amide bonds. The van der Waals surface area contributed by atoms with Gasteiger partial charge in [-0.15, -0.1) is 0 Å². The average molecular weight is 272 g/mol. The van der Waals surface area contributed by atoms with Crippen molar-refractivity contribution < 1.29 is 9.13 Å². The fourth-order valence-corrected chi connectivity index (χ4v) is 2.60. The lowest BCUT2D eigenvalue weighted by Crippen LogP contribution is -2.50. The van der Waals surface area contributed by atoms with Gasteiger partial charge in [0.25, 0.3) is 0 Å². The lowest BCUT2D eigenvalue weighted by Gasteiger charge is -2.39. The Morgan fingerprint density at radius 2 is 2.28 bits per heavy atom. The van der Waals surface area contributed by atoms with Crippen LogP contribution in [0.25, 0.3) is 0 Å². The van der Waals surface area contributed by atoms with Gasteiger partial charge in [0.1, 0.15) is 5.82 Å². The van der Waals surface area contributed by atoms with E-state index >= 15 is 0 Å². The standard InChI is InChI=1S/C14H19ClFNO/c1-14(6-2-3-7-18-14)13(17)9-10-8-11(15)4-5-12(10)16/h4-5,8,13H,2-3,6-7,9,17H2,1H3. The third-order valence-electron chi connectivity index (χ3n) is 3.73. The Hall–Kier alpha value is -0.640. The monoisotopic (exact) mass is 271 g/mol. The molecule has 2 rings (SSSR count). The minimum atomic E-state index is -0.354. The lowest BCUT2D eigenvalue weighted by molar-refractivity contribution is -0.0809. The van der Waals surface area contributed by atoms with Crippen LogP contribution in [0.1, 0.15) is 31.7 Å². The van der Waals surface area contributed by atoms with Crippen LogP contribution in [0, 0.1) is 5.82 Å². The van der Waals surface area contributed by atoms with Crippen LogP contribution in [0.4, 0.5) is 4.39 Å². The quantitative estimate of drug-likeness (QED) is 0.915. The maximum absolute atomic E-state index is 13.7. The van der Waals surface area contributed by atoms with E-state index in [9.17, 15) is 4.39 Å². The molecular weight excluding hydrogens is 253 g/mol. The number of benzene rings is 1. The topological polar surface area (TPSA) is 35.2 Å². The highest BCUT2D eigenvalue weighted by Gasteiger charge is 2.34. The van der Waals surface area contributed by atoms with Crippen molar-refractivity contribution in [1.29, 1.82) is 0 Å².